The molecule has 0 aromatic carbocycles. The van der Waals surface area contributed by atoms with Gasteiger partial charge in [-0.3, -0.25) is 18.9 Å². The number of hydrogen-bond donors (Lipinski definition) is 1. The number of hydrogen-bond acceptors (Lipinski definition) is 5. The van der Waals surface area contributed by atoms with E-state index in [0.717, 1.165) is 43.6 Å². The second kappa shape index (κ2) is 9.98. The topological polar surface area (TPSA) is 75.9 Å². The first-order valence-corrected chi connectivity index (χ1v) is 10.5. The molecule has 1 N–H and O–H groups in total. The normalized spacial score (nSPS) is 15.9. The monoisotopic (exact) mass is 400 g/mol. The van der Waals surface area contributed by atoms with E-state index in [1.54, 1.807) is 16.7 Å². The molecule has 3 heterocycles. The Morgan fingerprint density at radius 2 is 2.10 bits per heavy atom. The number of aromatic nitrogens is 2. The van der Waals surface area contributed by atoms with E-state index < -0.39 is 0 Å². The molecular weight excluding hydrogens is 368 g/mol. The minimum absolute atomic E-state index is 0.0515. The highest BCUT2D eigenvalue weighted by Gasteiger charge is 2.25. The predicted octanol–water partition coefficient (Wildman–Crippen LogP) is 2.15. The molecule has 0 saturated carbocycles. The van der Waals surface area contributed by atoms with Crippen LogP contribution in [0.1, 0.15) is 44.4 Å². The van der Waals surface area contributed by atoms with E-state index in [1.165, 1.54) is 0 Å². The maximum absolute atomic E-state index is 12.4. The van der Waals surface area contributed by atoms with Crippen LogP contribution in [0.3, 0.4) is 0 Å². The Balaban J connectivity index is 1.47. The molecule has 1 amide bonds. The van der Waals surface area contributed by atoms with E-state index in [4.69, 9.17) is 4.74 Å². The Bertz CT molecular complexity index is 885. The van der Waals surface area contributed by atoms with Crippen LogP contribution in [-0.2, 0) is 16.1 Å². The first kappa shape index (κ1) is 21.5. The van der Waals surface area contributed by atoms with Gasteiger partial charge in [-0.15, -0.1) is 0 Å². The maximum atomic E-state index is 12.4. The molecular formula is C22H32N4O3. The molecule has 2 aromatic rings. The Kier molecular flexibility index (Phi) is 7.39. The number of carbonyl (C=O) groups is 1. The average molecular weight is 401 g/mol. The van der Waals surface area contributed by atoms with Gasteiger partial charge in [0.25, 0.3) is 5.56 Å². The number of amides is 1. The smallest absolute Gasteiger partial charge is 0.258 e. The zero-order valence-electron chi connectivity index (χ0n) is 17.7. The number of pyridine rings is 1. The van der Waals surface area contributed by atoms with E-state index in [9.17, 15) is 9.59 Å². The fourth-order valence-corrected chi connectivity index (χ4v) is 3.72. The molecule has 0 atom stereocenters. The van der Waals surface area contributed by atoms with Gasteiger partial charge in [-0.25, -0.2) is 4.98 Å². The van der Waals surface area contributed by atoms with Gasteiger partial charge in [0.1, 0.15) is 5.65 Å². The third kappa shape index (κ3) is 5.87. The standard InChI is InChI=1S/C22H32N4O3/c1-16(2)29-13-5-9-23-22(28)18-7-11-25(12-8-18)15-19-14-20(27)26-10-4-6-17(3)21(26)24-19/h4,6,10,14,16,18H,5,7-9,11-13,15H2,1-3H3,(H,23,28). The summed E-state index contributed by atoms with van der Waals surface area (Å²) in [5.74, 6) is 0.210. The highest BCUT2D eigenvalue weighted by Crippen LogP contribution is 2.19. The van der Waals surface area contributed by atoms with Crippen LogP contribution in [0.25, 0.3) is 5.65 Å². The number of aryl methyl sites for hydroxylation is 1. The first-order chi connectivity index (χ1) is 13.9. The largest absolute Gasteiger partial charge is 0.379 e. The van der Waals surface area contributed by atoms with Crippen molar-refractivity contribution in [3.05, 3.63) is 46.0 Å². The van der Waals surface area contributed by atoms with Crippen molar-refractivity contribution in [2.45, 2.75) is 52.7 Å². The zero-order valence-corrected chi connectivity index (χ0v) is 17.7. The fraction of sp³-hybridized carbons (Fsp3) is 0.591. The van der Waals surface area contributed by atoms with Crippen LogP contribution >= 0.6 is 0 Å². The summed E-state index contributed by atoms with van der Waals surface area (Å²) in [6.45, 7) is 9.64. The number of nitrogens with zero attached hydrogens (tertiary/aromatic N) is 3. The van der Waals surface area contributed by atoms with Gasteiger partial charge in [0.05, 0.1) is 11.8 Å². The quantitative estimate of drug-likeness (QED) is 0.687. The maximum Gasteiger partial charge on any atom is 0.258 e. The molecule has 7 heteroatoms. The summed E-state index contributed by atoms with van der Waals surface area (Å²) in [6, 6.07) is 5.44. The number of carbonyl (C=O) groups excluding carboxylic acids is 1. The van der Waals surface area contributed by atoms with Crippen molar-refractivity contribution < 1.29 is 9.53 Å². The van der Waals surface area contributed by atoms with Gasteiger partial charge in [-0.1, -0.05) is 6.07 Å². The zero-order chi connectivity index (χ0) is 20.8. The second-order valence-corrected chi connectivity index (χ2v) is 8.09. The lowest BCUT2D eigenvalue weighted by Gasteiger charge is -2.31. The lowest BCUT2D eigenvalue weighted by Crippen LogP contribution is -2.40. The molecule has 0 bridgehead atoms. The minimum atomic E-state index is -0.0515. The molecule has 0 radical (unpaired) electrons. The Morgan fingerprint density at radius 1 is 1.34 bits per heavy atom. The van der Waals surface area contributed by atoms with Crippen molar-refractivity contribution in [3.63, 3.8) is 0 Å². The molecule has 3 rings (SSSR count). The fourth-order valence-electron chi connectivity index (χ4n) is 3.72. The van der Waals surface area contributed by atoms with Gasteiger partial charge in [0.15, 0.2) is 0 Å². The molecule has 0 aliphatic carbocycles. The summed E-state index contributed by atoms with van der Waals surface area (Å²) >= 11 is 0. The summed E-state index contributed by atoms with van der Waals surface area (Å²) in [5.41, 5.74) is 2.44. The van der Waals surface area contributed by atoms with Gasteiger partial charge in [0.2, 0.25) is 5.91 Å². The van der Waals surface area contributed by atoms with Crippen molar-refractivity contribution in [2.75, 3.05) is 26.2 Å². The number of likely N-dealkylation sites (tertiary alicyclic amines) is 1. The molecule has 0 spiro atoms. The van der Waals surface area contributed by atoms with Crippen LogP contribution in [0.15, 0.2) is 29.2 Å². The lowest BCUT2D eigenvalue weighted by molar-refractivity contribution is -0.126. The minimum Gasteiger partial charge on any atom is -0.379 e. The van der Waals surface area contributed by atoms with Crippen LogP contribution in [0.5, 0.6) is 0 Å². The molecule has 158 valence electrons. The molecule has 0 unspecified atom stereocenters. The van der Waals surface area contributed by atoms with Gasteiger partial charge in [-0.2, -0.15) is 0 Å². The number of rotatable bonds is 8. The molecule has 1 aliphatic rings. The molecule has 7 nitrogen and oxygen atoms in total. The van der Waals surface area contributed by atoms with Gasteiger partial charge >= 0.3 is 0 Å². The summed E-state index contributed by atoms with van der Waals surface area (Å²) in [6.07, 6.45) is 4.48. The van der Waals surface area contributed by atoms with Gasteiger partial charge in [-0.05, 0) is 64.8 Å². The highest BCUT2D eigenvalue weighted by atomic mass is 16.5. The third-order valence-corrected chi connectivity index (χ3v) is 5.35. The molecule has 1 fully saturated rings. The predicted molar refractivity (Wildman–Crippen MR) is 113 cm³/mol. The van der Waals surface area contributed by atoms with Crippen molar-refractivity contribution in [1.82, 2.24) is 19.6 Å². The van der Waals surface area contributed by atoms with E-state index >= 15 is 0 Å². The highest BCUT2D eigenvalue weighted by molar-refractivity contribution is 5.78. The summed E-state index contributed by atoms with van der Waals surface area (Å²) in [5, 5.41) is 3.03. The van der Waals surface area contributed by atoms with Crippen molar-refractivity contribution in [3.8, 4) is 0 Å². The van der Waals surface area contributed by atoms with E-state index in [1.807, 2.05) is 32.9 Å². The Morgan fingerprint density at radius 3 is 2.83 bits per heavy atom. The van der Waals surface area contributed by atoms with Crippen LogP contribution in [0.2, 0.25) is 0 Å². The van der Waals surface area contributed by atoms with E-state index in [-0.39, 0.29) is 23.5 Å². The molecule has 29 heavy (non-hydrogen) atoms. The number of fused-ring (bicyclic) bond motifs is 1. The van der Waals surface area contributed by atoms with Gasteiger partial charge < -0.3 is 10.1 Å². The van der Waals surface area contributed by atoms with Crippen molar-refractivity contribution in [2.24, 2.45) is 5.92 Å². The summed E-state index contributed by atoms with van der Waals surface area (Å²) < 4.78 is 7.08. The van der Waals surface area contributed by atoms with Crippen molar-refractivity contribution in [1.29, 1.82) is 0 Å². The average Bonchev–Trinajstić information content (AvgIpc) is 2.69. The van der Waals surface area contributed by atoms with Crippen LogP contribution in [0, 0.1) is 12.8 Å². The molecule has 1 aliphatic heterocycles. The van der Waals surface area contributed by atoms with E-state index in [2.05, 4.69) is 15.2 Å². The molecule has 1 saturated heterocycles. The summed E-state index contributed by atoms with van der Waals surface area (Å²) in [7, 11) is 0. The van der Waals surface area contributed by atoms with Gasteiger partial charge in [0, 0.05) is 37.9 Å². The Labute approximate surface area is 172 Å². The van der Waals surface area contributed by atoms with E-state index in [0.29, 0.717) is 25.3 Å². The third-order valence-electron chi connectivity index (χ3n) is 5.35. The Hall–Kier alpha value is -2.25. The van der Waals surface area contributed by atoms with Crippen LogP contribution < -0.4 is 10.9 Å². The SMILES string of the molecule is Cc1cccn2c(=O)cc(CN3CCC(C(=O)NCCCOC(C)C)CC3)nc12. The molecule has 2 aromatic heterocycles. The number of piperidine rings is 1. The summed E-state index contributed by atoms with van der Waals surface area (Å²) in [4.78, 5) is 31.7. The first-order valence-electron chi connectivity index (χ1n) is 10.5. The number of ether oxygens (including phenoxy) is 1. The van der Waals surface area contributed by atoms with Crippen molar-refractivity contribution >= 4 is 11.6 Å². The number of nitrogens with one attached hydrogen (secondary N) is 1. The van der Waals surface area contributed by atoms with Crippen LogP contribution in [0.4, 0.5) is 0 Å². The second-order valence-electron chi connectivity index (χ2n) is 8.09. The van der Waals surface area contributed by atoms with Crippen LogP contribution in [-0.4, -0.2) is 52.5 Å². The lowest BCUT2D eigenvalue weighted by atomic mass is 9.96.